The molecule has 10 heteroatoms. The lowest BCUT2D eigenvalue weighted by Gasteiger charge is -2.12. The molecule has 0 aliphatic rings. The number of thioether (sulfide) groups is 1. The van der Waals surface area contributed by atoms with E-state index in [1.54, 1.807) is 18.2 Å². The third kappa shape index (κ3) is 4.90. The topological polar surface area (TPSA) is 120 Å². The molecule has 0 aliphatic heterocycles. The molecule has 0 radical (unpaired) electrons. The minimum atomic E-state index is -0.369. The van der Waals surface area contributed by atoms with Crippen molar-refractivity contribution in [1.82, 2.24) is 24.7 Å². The first kappa shape index (κ1) is 20.3. The fourth-order valence-corrected chi connectivity index (χ4v) is 3.76. The first-order chi connectivity index (χ1) is 13.3. The fourth-order valence-electron chi connectivity index (χ4n) is 2.75. The van der Waals surface area contributed by atoms with E-state index in [0.717, 1.165) is 12.4 Å². The van der Waals surface area contributed by atoms with Crippen LogP contribution in [0.4, 0.5) is 0 Å². The molecule has 8 nitrogen and oxygen atoms in total. The number of nitrogens with two attached hydrogens (primary N) is 1. The van der Waals surface area contributed by atoms with E-state index in [1.807, 2.05) is 4.57 Å². The summed E-state index contributed by atoms with van der Waals surface area (Å²) in [5, 5.41) is 10.1. The van der Waals surface area contributed by atoms with Crippen LogP contribution in [-0.4, -0.2) is 30.6 Å². The third-order valence-electron chi connectivity index (χ3n) is 3.99. The number of aromatic nitrogens is 5. The molecule has 3 N–H and O–H groups in total. The molecule has 2 aromatic heterocycles. The number of carbonyl (C=O) groups excluding carboxylic acids is 1. The van der Waals surface area contributed by atoms with Crippen LogP contribution in [0.15, 0.2) is 28.2 Å². The van der Waals surface area contributed by atoms with E-state index in [1.165, 1.54) is 11.8 Å². The third-order valence-corrected chi connectivity index (χ3v) is 5.20. The van der Waals surface area contributed by atoms with Crippen molar-refractivity contribution < 1.29 is 4.79 Å². The minimum absolute atomic E-state index is 0.225. The van der Waals surface area contributed by atoms with Crippen molar-refractivity contribution in [3.05, 3.63) is 45.2 Å². The summed E-state index contributed by atoms with van der Waals surface area (Å²) < 4.78 is 2.00. The number of rotatable bonds is 8. The molecule has 2 heterocycles. The lowest BCUT2D eigenvalue weighted by Crippen LogP contribution is -2.15. The number of benzene rings is 1. The van der Waals surface area contributed by atoms with Crippen molar-refractivity contribution in [2.45, 2.75) is 44.1 Å². The molecule has 148 valence electrons. The smallest absolute Gasteiger partial charge is 0.258 e. The number of halogens is 1. The largest absolute Gasteiger partial charge is 0.370 e. The van der Waals surface area contributed by atoms with Gasteiger partial charge in [-0.3, -0.25) is 9.59 Å². The normalized spacial score (nSPS) is 11.4. The van der Waals surface area contributed by atoms with Crippen LogP contribution in [-0.2, 0) is 23.5 Å². The van der Waals surface area contributed by atoms with Gasteiger partial charge in [-0.15, -0.1) is 10.2 Å². The van der Waals surface area contributed by atoms with Crippen molar-refractivity contribution in [3.8, 4) is 0 Å². The highest BCUT2D eigenvalue weighted by molar-refractivity contribution is 7.98. The summed E-state index contributed by atoms with van der Waals surface area (Å²) >= 11 is 7.38. The summed E-state index contributed by atoms with van der Waals surface area (Å²) in [7, 11) is 0. The van der Waals surface area contributed by atoms with Gasteiger partial charge in [-0.2, -0.15) is 0 Å². The quantitative estimate of drug-likeness (QED) is 0.540. The Morgan fingerprint density at radius 1 is 1.36 bits per heavy atom. The second kappa shape index (κ2) is 8.74. The highest BCUT2D eigenvalue weighted by Gasteiger charge is 2.15. The van der Waals surface area contributed by atoms with E-state index < -0.39 is 0 Å². The summed E-state index contributed by atoms with van der Waals surface area (Å²) in [6.07, 6.45) is 0.671. The molecule has 1 amide bonds. The van der Waals surface area contributed by atoms with Gasteiger partial charge in [0.05, 0.1) is 16.7 Å². The van der Waals surface area contributed by atoms with Crippen molar-refractivity contribution in [2.24, 2.45) is 11.7 Å². The first-order valence-corrected chi connectivity index (χ1v) is 10.2. The average Bonchev–Trinajstić information content (AvgIpc) is 3.00. The maximum absolute atomic E-state index is 12.3. The molecular formula is C18H21ClN6O2S. The Hall–Kier alpha value is -2.39. The van der Waals surface area contributed by atoms with Crippen LogP contribution in [0.25, 0.3) is 10.9 Å². The molecular weight excluding hydrogens is 400 g/mol. The fraction of sp³-hybridized carbons (Fsp3) is 0.389. The van der Waals surface area contributed by atoms with Gasteiger partial charge in [-0.25, -0.2) is 4.98 Å². The van der Waals surface area contributed by atoms with E-state index in [4.69, 9.17) is 17.3 Å². The molecule has 1 aromatic carbocycles. The predicted molar refractivity (Wildman–Crippen MR) is 109 cm³/mol. The Bertz CT molecular complexity index is 1060. The van der Waals surface area contributed by atoms with E-state index in [-0.39, 0.29) is 17.9 Å². The van der Waals surface area contributed by atoms with E-state index in [9.17, 15) is 9.59 Å². The van der Waals surface area contributed by atoms with Gasteiger partial charge in [0.1, 0.15) is 11.6 Å². The van der Waals surface area contributed by atoms with Crippen LogP contribution in [0.2, 0.25) is 5.02 Å². The van der Waals surface area contributed by atoms with Gasteiger partial charge in [0.25, 0.3) is 5.56 Å². The number of hydrogen-bond donors (Lipinski definition) is 2. The average molecular weight is 421 g/mol. The van der Waals surface area contributed by atoms with Gasteiger partial charge in [0, 0.05) is 24.4 Å². The van der Waals surface area contributed by atoms with Crippen molar-refractivity contribution >= 4 is 40.2 Å². The second-order valence-corrected chi connectivity index (χ2v) is 8.21. The molecule has 0 bridgehead atoms. The predicted octanol–water partition coefficient (Wildman–Crippen LogP) is 2.53. The zero-order chi connectivity index (χ0) is 20.3. The van der Waals surface area contributed by atoms with Crippen LogP contribution in [0.1, 0.15) is 31.9 Å². The van der Waals surface area contributed by atoms with Crippen LogP contribution >= 0.6 is 23.4 Å². The van der Waals surface area contributed by atoms with Crippen molar-refractivity contribution in [3.63, 3.8) is 0 Å². The number of fused-ring (bicyclic) bond motifs is 1. The number of nitrogens with one attached hydrogen (secondary N) is 1. The number of carbonyl (C=O) groups is 1. The zero-order valence-corrected chi connectivity index (χ0v) is 17.2. The molecule has 3 aromatic rings. The van der Waals surface area contributed by atoms with Crippen LogP contribution < -0.4 is 11.3 Å². The van der Waals surface area contributed by atoms with Gasteiger partial charge in [0.2, 0.25) is 5.91 Å². The van der Waals surface area contributed by atoms with Crippen molar-refractivity contribution in [2.75, 3.05) is 0 Å². The van der Waals surface area contributed by atoms with Gasteiger partial charge < -0.3 is 15.3 Å². The lowest BCUT2D eigenvalue weighted by molar-refractivity contribution is -0.118. The monoisotopic (exact) mass is 420 g/mol. The van der Waals surface area contributed by atoms with Gasteiger partial charge >= 0.3 is 0 Å². The zero-order valence-electron chi connectivity index (χ0n) is 15.6. The molecule has 28 heavy (non-hydrogen) atoms. The molecule has 0 saturated carbocycles. The van der Waals surface area contributed by atoms with Gasteiger partial charge in [-0.05, 0) is 24.1 Å². The number of aromatic amines is 1. The Morgan fingerprint density at radius 3 is 2.86 bits per heavy atom. The SMILES string of the molecule is CC(C)Cn1c(CCC(N)=O)nnc1SCc1nc2ccc(Cl)cc2c(=O)[nH]1. The first-order valence-electron chi connectivity index (χ1n) is 8.85. The second-order valence-electron chi connectivity index (χ2n) is 6.83. The highest BCUT2D eigenvalue weighted by atomic mass is 35.5. The number of aryl methyl sites for hydroxylation is 1. The number of primary amides is 1. The Kier molecular flexibility index (Phi) is 6.35. The Balaban J connectivity index is 1.82. The highest BCUT2D eigenvalue weighted by Crippen LogP contribution is 2.23. The molecule has 0 spiro atoms. The van der Waals surface area contributed by atoms with Crippen molar-refractivity contribution in [1.29, 1.82) is 0 Å². The standard InChI is InChI=1S/C18H21ClN6O2S/c1-10(2)8-25-16(6-5-14(20)26)23-24-18(25)28-9-15-21-13-4-3-11(19)7-12(13)17(27)22-15/h3-4,7,10H,5-6,8-9H2,1-2H3,(H2,20,26)(H,21,22,27). The summed E-state index contributed by atoms with van der Waals surface area (Å²) in [6.45, 7) is 4.92. The van der Waals surface area contributed by atoms with Crippen LogP contribution in [0.3, 0.4) is 0 Å². The number of nitrogens with zero attached hydrogens (tertiary/aromatic N) is 4. The summed E-state index contributed by atoms with van der Waals surface area (Å²) in [5.74, 6) is 1.71. The number of hydrogen-bond acceptors (Lipinski definition) is 6. The maximum atomic E-state index is 12.3. The Morgan fingerprint density at radius 2 is 2.14 bits per heavy atom. The molecule has 0 unspecified atom stereocenters. The minimum Gasteiger partial charge on any atom is -0.370 e. The molecule has 0 atom stereocenters. The van der Waals surface area contributed by atoms with Crippen LogP contribution in [0, 0.1) is 5.92 Å². The summed E-state index contributed by atoms with van der Waals surface area (Å²) in [6, 6.07) is 5.03. The summed E-state index contributed by atoms with van der Waals surface area (Å²) in [5.41, 5.74) is 5.61. The lowest BCUT2D eigenvalue weighted by atomic mass is 10.2. The number of amides is 1. The number of H-pyrrole nitrogens is 1. The van der Waals surface area contributed by atoms with Crippen LogP contribution in [0.5, 0.6) is 0 Å². The van der Waals surface area contributed by atoms with E-state index in [0.29, 0.717) is 45.0 Å². The maximum Gasteiger partial charge on any atom is 0.258 e. The van der Waals surface area contributed by atoms with E-state index >= 15 is 0 Å². The van der Waals surface area contributed by atoms with Gasteiger partial charge in [-0.1, -0.05) is 37.2 Å². The molecule has 0 saturated heterocycles. The summed E-state index contributed by atoms with van der Waals surface area (Å²) in [4.78, 5) is 30.7. The van der Waals surface area contributed by atoms with Gasteiger partial charge in [0.15, 0.2) is 5.16 Å². The molecule has 0 aliphatic carbocycles. The van der Waals surface area contributed by atoms with E-state index in [2.05, 4.69) is 34.0 Å². The Labute approximate surface area is 170 Å². The molecule has 3 rings (SSSR count). The molecule has 0 fully saturated rings.